The zero-order valence-corrected chi connectivity index (χ0v) is 11.9. The van der Waals surface area contributed by atoms with Crippen LogP contribution in [0.3, 0.4) is 0 Å². The van der Waals surface area contributed by atoms with Crippen LogP contribution < -0.4 is 10.1 Å². The number of aryl methyl sites for hydroxylation is 3. The van der Waals surface area contributed by atoms with E-state index in [2.05, 4.69) is 44.3 Å². The molecule has 0 saturated carbocycles. The lowest BCUT2D eigenvalue weighted by Crippen LogP contribution is -2.05. The Bertz CT molecular complexity index is 351. The minimum atomic E-state index is 0. The van der Waals surface area contributed by atoms with Crippen molar-refractivity contribution in [3.8, 4) is 5.75 Å². The molecule has 0 heterocycles. The smallest absolute Gasteiger partial charge is 0.125 e. The van der Waals surface area contributed by atoms with E-state index in [1.165, 1.54) is 16.7 Å². The van der Waals surface area contributed by atoms with Crippen LogP contribution in [-0.2, 0) is 0 Å². The van der Waals surface area contributed by atoms with Gasteiger partial charge in [0.25, 0.3) is 0 Å². The lowest BCUT2D eigenvalue weighted by atomic mass is 10.1. The predicted molar refractivity (Wildman–Crippen MR) is 76.5 cm³/mol. The van der Waals surface area contributed by atoms with Crippen LogP contribution in [0.25, 0.3) is 0 Å². The van der Waals surface area contributed by atoms with Crippen molar-refractivity contribution in [2.45, 2.75) is 20.8 Å². The second-order valence-corrected chi connectivity index (χ2v) is 4.07. The third-order valence-corrected chi connectivity index (χ3v) is 2.42. The van der Waals surface area contributed by atoms with Gasteiger partial charge < -0.3 is 10.1 Å². The average molecular weight is 256 g/mol. The number of ether oxygens (including phenoxy) is 1. The summed E-state index contributed by atoms with van der Waals surface area (Å²) in [4.78, 5) is 0. The molecule has 1 rings (SSSR count). The van der Waals surface area contributed by atoms with Gasteiger partial charge in [0.15, 0.2) is 0 Å². The van der Waals surface area contributed by atoms with Crippen LogP contribution in [0.15, 0.2) is 24.3 Å². The number of halogens is 1. The first-order chi connectivity index (χ1) is 7.65. The minimum absolute atomic E-state index is 0. The van der Waals surface area contributed by atoms with Crippen LogP contribution in [-0.4, -0.2) is 20.2 Å². The summed E-state index contributed by atoms with van der Waals surface area (Å²) < 4.78 is 5.75. The Morgan fingerprint density at radius 3 is 2.24 bits per heavy atom. The maximum absolute atomic E-state index is 5.75. The van der Waals surface area contributed by atoms with Gasteiger partial charge in [-0.3, -0.25) is 0 Å². The highest BCUT2D eigenvalue weighted by Gasteiger charge is 2.03. The Morgan fingerprint density at radius 2 is 1.71 bits per heavy atom. The highest BCUT2D eigenvalue weighted by atomic mass is 35.5. The molecule has 0 fully saturated rings. The van der Waals surface area contributed by atoms with E-state index in [1.54, 1.807) is 0 Å². The van der Waals surface area contributed by atoms with E-state index in [1.807, 2.05) is 13.1 Å². The van der Waals surface area contributed by atoms with Crippen molar-refractivity contribution >= 4 is 12.4 Å². The molecule has 0 bridgehead atoms. The van der Waals surface area contributed by atoms with Crippen LogP contribution in [0.2, 0.25) is 0 Å². The number of nitrogens with one attached hydrogen (secondary N) is 1. The van der Waals surface area contributed by atoms with E-state index in [9.17, 15) is 0 Å². The van der Waals surface area contributed by atoms with Gasteiger partial charge in [-0.15, -0.1) is 12.4 Å². The molecule has 0 unspecified atom stereocenters. The molecular formula is C14H22ClNO. The van der Waals surface area contributed by atoms with Crippen LogP contribution >= 0.6 is 12.4 Å². The molecule has 0 amide bonds. The summed E-state index contributed by atoms with van der Waals surface area (Å²) in [6, 6.07) is 4.30. The van der Waals surface area contributed by atoms with E-state index in [-0.39, 0.29) is 12.4 Å². The SMILES string of the molecule is CNCC=CCOc1c(C)cc(C)cc1C.Cl. The van der Waals surface area contributed by atoms with Gasteiger partial charge in [-0.1, -0.05) is 29.8 Å². The minimum Gasteiger partial charge on any atom is -0.489 e. The third kappa shape index (κ3) is 5.24. The summed E-state index contributed by atoms with van der Waals surface area (Å²) in [7, 11) is 1.93. The van der Waals surface area contributed by atoms with Gasteiger partial charge in [0, 0.05) is 6.54 Å². The van der Waals surface area contributed by atoms with Crippen LogP contribution in [0, 0.1) is 20.8 Å². The quantitative estimate of drug-likeness (QED) is 0.816. The van der Waals surface area contributed by atoms with Crippen molar-refractivity contribution in [3.63, 3.8) is 0 Å². The van der Waals surface area contributed by atoms with E-state index in [0.717, 1.165) is 12.3 Å². The number of hydrogen-bond acceptors (Lipinski definition) is 2. The number of hydrogen-bond donors (Lipinski definition) is 1. The standard InChI is InChI=1S/C14H21NO.ClH/c1-11-9-12(2)14(13(3)10-11)16-8-6-5-7-15-4;/h5-6,9-10,15H,7-8H2,1-4H3;1H. The van der Waals surface area contributed by atoms with Crippen molar-refractivity contribution in [3.05, 3.63) is 41.0 Å². The lowest BCUT2D eigenvalue weighted by Gasteiger charge is -2.11. The van der Waals surface area contributed by atoms with Gasteiger partial charge in [-0.25, -0.2) is 0 Å². The third-order valence-electron chi connectivity index (χ3n) is 2.42. The summed E-state index contributed by atoms with van der Waals surface area (Å²) >= 11 is 0. The van der Waals surface area contributed by atoms with Crippen molar-refractivity contribution in [2.75, 3.05) is 20.2 Å². The predicted octanol–water partition coefficient (Wildman–Crippen LogP) is 3.19. The first-order valence-electron chi connectivity index (χ1n) is 5.65. The highest BCUT2D eigenvalue weighted by Crippen LogP contribution is 2.24. The Kier molecular flexibility index (Phi) is 7.68. The second kappa shape index (κ2) is 8.15. The summed E-state index contributed by atoms with van der Waals surface area (Å²) in [6.07, 6.45) is 4.11. The van der Waals surface area contributed by atoms with Crippen molar-refractivity contribution in [2.24, 2.45) is 0 Å². The summed E-state index contributed by atoms with van der Waals surface area (Å²) in [5.74, 6) is 1.01. The molecule has 0 aromatic heterocycles. The normalized spacial score (nSPS) is 10.4. The molecule has 1 aromatic carbocycles. The molecule has 3 heteroatoms. The molecular weight excluding hydrogens is 234 g/mol. The first kappa shape index (κ1) is 16.0. The molecule has 0 saturated heterocycles. The van der Waals surface area contributed by atoms with Gasteiger partial charge in [-0.05, 0) is 38.9 Å². The topological polar surface area (TPSA) is 21.3 Å². The van der Waals surface area contributed by atoms with Crippen LogP contribution in [0.4, 0.5) is 0 Å². The van der Waals surface area contributed by atoms with Gasteiger partial charge >= 0.3 is 0 Å². The molecule has 0 spiro atoms. The maximum atomic E-state index is 5.75. The Labute approximate surface area is 110 Å². The summed E-state index contributed by atoms with van der Waals surface area (Å²) in [5, 5.41) is 3.05. The van der Waals surface area contributed by atoms with Crippen molar-refractivity contribution < 1.29 is 4.74 Å². The van der Waals surface area contributed by atoms with Gasteiger partial charge in [0.05, 0.1) is 0 Å². The van der Waals surface area contributed by atoms with Gasteiger partial charge in [0.2, 0.25) is 0 Å². The molecule has 0 aliphatic rings. The van der Waals surface area contributed by atoms with Gasteiger partial charge in [0.1, 0.15) is 12.4 Å². The van der Waals surface area contributed by atoms with Gasteiger partial charge in [-0.2, -0.15) is 0 Å². The zero-order chi connectivity index (χ0) is 12.0. The fraction of sp³-hybridized carbons (Fsp3) is 0.429. The monoisotopic (exact) mass is 255 g/mol. The van der Waals surface area contributed by atoms with E-state index in [0.29, 0.717) is 6.61 Å². The fourth-order valence-corrected chi connectivity index (χ4v) is 1.80. The Balaban J connectivity index is 0.00000256. The molecule has 0 aliphatic heterocycles. The molecule has 17 heavy (non-hydrogen) atoms. The van der Waals surface area contributed by atoms with E-state index in [4.69, 9.17) is 4.74 Å². The lowest BCUT2D eigenvalue weighted by molar-refractivity contribution is 0.357. The summed E-state index contributed by atoms with van der Waals surface area (Å²) in [6.45, 7) is 7.80. The van der Waals surface area contributed by atoms with E-state index >= 15 is 0 Å². The zero-order valence-electron chi connectivity index (χ0n) is 11.0. The number of benzene rings is 1. The van der Waals surface area contributed by atoms with E-state index < -0.39 is 0 Å². The molecule has 0 aliphatic carbocycles. The number of rotatable bonds is 5. The Hall–Kier alpha value is -0.990. The molecule has 2 nitrogen and oxygen atoms in total. The van der Waals surface area contributed by atoms with Crippen molar-refractivity contribution in [1.29, 1.82) is 0 Å². The number of likely N-dealkylation sites (N-methyl/N-ethyl adjacent to an activating group) is 1. The molecule has 96 valence electrons. The fourth-order valence-electron chi connectivity index (χ4n) is 1.80. The maximum Gasteiger partial charge on any atom is 0.125 e. The second-order valence-electron chi connectivity index (χ2n) is 4.07. The summed E-state index contributed by atoms with van der Waals surface area (Å²) in [5.41, 5.74) is 3.70. The van der Waals surface area contributed by atoms with Crippen LogP contribution in [0.1, 0.15) is 16.7 Å². The first-order valence-corrected chi connectivity index (χ1v) is 5.65. The largest absolute Gasteiger partial charge is 0.489 e. The van der Waals surface area contributed by atoms with Crippen LogP contribution in [0.5, 0.6) is 5.75 Å². The highest BCUT2D eigenvalue weighted by molar-refractivity contribution is 5.85. The Morgan fingerprint density at radius 1 is 1.12 bits per heavy atom. The molecule has 0 radical (unpaired) electrons. The molecule has 1 N–H and O–H groups in total. The molecule has 1 aromatic rings. The average Bonchev–Trinajstić information content (AvgIpc) is 2.20. The van der Waals surface area contributed by atoms with Crippen molar-refractivity contribution in [1.82, 2.24) is 5.32 Å². The molecule has 0 atom stereocenters.